The molecule has 1 aliphatic heterocycles. The topological polar surface area (TPSA) is 181 Å². The molecule has 0 spiro atoms. The van der Waals surface area contributed by atoms with Crippen LogP contribution in [0.3, 0.4) is 0 Å². The van der Waals surface area contributed by atoms with E-state index in [9.17, 15) is 14.4 Å². The number of allylic oxidation sites excluding steroid dienone is 3. The summed E-state index contributed by atoms with van der Waals surface area (Å²) in [6.45, 7) is 42.2. The van der Waals surface area contributed by atoms with Crippen LogP contribution < -0.4 is 30.2 Å². The van der Waals surface area contributed by atoms with E-state index in [1.54, 1.807) is 34.9 Å². The van der Waals surface area contributed by atoms with Crippen LogP contribution in [0.2, 0.25) is 0 Å². The van der Waals surface area contributed by atoms with Gasteiger partial charge in [-0.25, -0.2) is 15.0 Å². The molecule has 6 bridgehead atoms. The van der Waals surface area contributed by atoms with E-state index < -0.39 is 17.7 Å². The molecule has 9 saturated carbocycles. The predicted molar refractivity (Wildman–Crippen MR) is 574 cm³/mol. The van der Waals surface area contributed by atoms with Crippen LogP contribution in [0.5, 0.6) is 17.2 Å². The Kier molecular flexibility index (Phi) is 38.1. The number of carbonyl (C=O) groups is 3. The first-order valence-electron chi connectivity index (χ1n) is 59.7. The quantitative estimate of drug-likeness (QED) is 0.0360. The first-order valence-corrected chi connectivity index (χ1v) is 59.7. The zero-order chi connectivity index (χ0) is 99.1. The molecule has 141 heavy (non-hydrogen) atoms. The summed E-state index contributed by atoms with van der Waals surface area (Å²) in [5, 5.41) is 9.13. The van der Waals surface area contributed by atoms with E-state index in [1.807, 2.05) is 18.2 Å². The molecule has 12 aliphatic carbocycles. The van der Waals surface area contributed by atoms with E-state index in [0.29, 0.717) is 105 Å². The van der Waals surface area contributed by atoms with Crippen LogP contribution in [0.4, 0.5) is 0 Å². The number of ether oxygens (including phenoxy) is 6. The van der Waals surface area contributed by atoms with Gasteiger partial charge in [-0.15, -0.1) is 0 Å². The number of fused-ring (bicyclic) bond motifs is 21. The van der Waals surface area contributed by atoms with E-state index >= 15 is 0 Å². The van der Waals surface area contributed by atoms with Gasteiger partial charge in [0.05, 0.1) is 74.8 Å². The molecular weight excluding hydrogens is 1740 g/mol. The molecular formula is C126H198N6O9. The van der Waals surface area contributed by atoms with Crippen molar-refractivity contribution in [3.8, 4) is 17.2 Å². The highest BCUT2D eigenvalue weighted by Gasteiger charge is 2.63. The van der Waals surface area contributed by atoms with Crippen molar-refractivity contribution in [3.05, 3.63) is 106 Å². The van der Waals surface area contributed by atoms with Gasteiger partial charge in [0.15, 0.2) is 0 Å². The number of amides is 3. The number of nitrogens with one attached hydrogen (secondary N) is 3. The molecule has 16 rings (SSSR count). The van der Waals surface area contributed by atoms with Crippen LogP contribution in [0.25, 0.3) is 0 Å². The summed E-state index contributed by atoms with van der Waals surface area (Å²) in [6, 6.07) is 10.5. The first-order chi connectivity index (χ1) is 68.0. The van der Waals surface area contributed by atoms with E-state index in [2.05, 4.69) is 138 Å². The molecule has 3 aromatic heterocycles. The largest absolute Gasteiger partial charge is 0.493 e. The lowest BCUT2D eigenvalue weighted by Crippen LogP contribution is -2.51. The monoisotopic (exact) mass is 1940 g/mol. The number of carbonyl (C=O) groups excluding carboxylic acids is 3. The minimum Gasteiger partial charge on any atom is -0.493 e. The Balaban J connectivity index is 0.482. The molecule has 786 valence electrons. The molecule has 0 unspecified atom stereocenters. The first kappa shape index (κ1) is 108. The van der Waals surface area contributed by atoms with Gasteiger partial charge in [-0.05, 0) is 332 Å². The van der Waals surface area contributed by atoms with Crippen LogP contribution in [-0.4, -0.2) is 90.6 Å². The van der Waals surface area contributed by atoms with Crippen molar-refractivity contribution < 1.29 is 42.8 Å². The fourth-order valence-electron chi connectivity index (χ4n) is 33.8. The predicted octanol–water partition coefficient (Wildman–Crippen LogP) is 31.4. The number of rotatable bonds is 48. The Hall–Kier alpha value is -5.64. The van der Waals surface area contributed by atoms with Crippen molar-refractivity contribution in [1.29, 1.82) is 0 Å². The van der Waals surface area contributed by atoms with Gasteiger partial charge >= 0.3 is 0 Å². The van der Waals surface area contributed by atoms with E-state index in [4.69, 9.17) is 43.4 Å². The van der Waals surface area contributed by atoms with Gasteiger partial charge < -0.3 is 44.4 Å². The summed E-state index contributed by atoms with van der Waals surface area (Å²) in [5.41, 5.74) is 9.60. The van der Waals surface area contributed by atoms with Gasteiger partial charge in [0.2, 0.25) is 0 Å². The minimum absolute atomic E-state index is 0.0122. The number of pyridine rings is 3. The molecule has 0 saturated heterocycles. The van der Waals surface area contributed by atoms with Crippen LogP contribution in [0, 0.1) is 139 Å². The van der Waals surface area contributed by atoms with Gasteiger partial charge in [-0.2, -0.15) is 0 Å². The lowest BCUT2D eigenvalue weighted by molar-refractivity contribution is -0.0641. The molecule has 3 amide bonds. The maximum absolute atomic E-state index is 14.4. The van der Waals surface area contributed by atoms with Crippen molar-refractivity contribution in [2.45, 2.75) is 469 Å². The van der Waals surface area contributed by atoms with Crippen LogP contribution in [0.15, 0.2) is 71.3 Å². The molecule has 0 radical (unpaired) electrons. The zero-order valence-electron chi connectivity index (χ0n) is 91.8. The Morgan fingerprint density at radius 3 is 0.830 bits per heavy atom. The van der Waals surface area contributed by atoms with E-state index in [1.165, 1.54) is 193 Å². The highest BCUT2D eigenvalue weighted by molar-refractivity contribution is 5.94. The van der Waals surface area contributed by atoms with E-state index in [0.717, 1.165) is 261 Å². The standard InChI is InChI=1S/C126H198N6O9/c1-85(2)37-34-40-88(7)106-49-52-109-103-46-43-91-73-97(55-61-121(91,10)112(103)58-64-124(106,109)13)136-67-28-22-16-19-25-31-70-139-100-76-94-82-127-119(134)116-80-102(141-72-33-27-21-18-24-30-69-138-99-57-63-123(12)93(75-99)45-48-105-111-54-51-108(90(9)42-36-39-87(5)6)126(111,15)66-60-114(105)123)78-96(132-116)84-129-120(135)117-81-101(77-95(131-117)83-128-118(133)115(79-100)130-94)140-71-32-26-20-17-23-29-68-137-98-56-62-122(11)92(74-98)44-47-104-110-53-50-107(89(8)41-35-38-86(3)4)125(110,14)65-59-113(104)122/h43-45,76-81,85-90,97-99,103-114H,16-42,46-75,82-84H2,1-15H3,(H,127,134)(H,128,133)(H,129,135)/t88-,89-,90-,97+,98+,99+,103+,104+,105+,106-,107-,108-,109+,110+,111+,112+,113+,114+,121+,122+,123+,124-,125-,126-/m1/s1. The van der Waals surface area contributed by atoms with Crippen molar-refractivity contribution in [1.82, 2.24) is 30.9 Å². The van der Waals surface area contributed by atoms with Crippen LogP contribution in [0.1, 0.15) is 480 Å². The number of hydrogen-bond donors (Lipinski definition) is 3. The van der Waals surface area contributed by atoms with Gasteiger partial charge in [0.1, 0.15) is 34.3 Å². The molecule has 15 nitrogen and oxygen atoms in total. The average molecular weight is 1940 g/mol. The van der Waals surface area contributed by atoms with Crippen LogP contribution in [-0.2, 0) is 33.8 Å². The smallest absolute Gasteiger partial charge is 0.270 e. The van der Waals surface area contributed by atoms with Gasteiger partial charge in [0, 0.05) is 56.2 Å². The third-order valence-corrected chi connectivity index (χ3v) is 41.8. The Bertz CT molecular complexity index is 4180. The molecule has 24 atom stereocenters. The normalized spacial score (nSPS) is 33.4. The third kappa shape index (κ3) is 26.1. The van der Waals surface area contributed by atoms with Gasteiger partial charge in [0.25, 0.3) is 17.7 Å². The van der Waals surface area contributed by atoms with Crippen molar-refractivity contribution in [2.24, 2.45) is 139 Å². The molecule has 4 heterocycles. The Morgan fingerprint density at radius 1 is 0.298 bits per heavy atom. The second kappa shape index (κ2) is 49.7. The summed E-state index contributed by atoms with van der Waals surface area (Å²) >= 11 is 0. The zero-order valence-corrected chi connectivity index (χ0v) is 91.8. The van der Waals surface area contributed by atoms with Crippen LogP contribution >= 0.6 is 0 Å². The summed E-state index contributed by atoms with van der Waals surface area (Å²) in [4.78, 5) is 57.6. The molecule has 15 heteroatoms. The maximum Gasteiger partial charge on any atom is 0.270 e. The number of unbranched alkanes of at least 4 members (excludes halogenated alkanes) is 15. The highest BCUT2D eigenvalue weighted by Crippen LogP contribution is 2.72. The number of aromatic nitrogens is 3. The summed E-state index contributed by atoms with van der Waals surface area (Å²) in [5.74, 6) is 15.6. The lowest BCUT2D eigenvalue weighted by atomic mass is 9.47. The van der Waals surface area contributed by atoms with E-state index in [-0.39, 0.29) is 36.7 Å². The Morgan fingerprint density at radius 2 is 0.560 bits per heavy atom. The molecule has 0 aromatic carbocycles. The Labute approximate surface area is 856 Å². The average Bonchev–Trinajstić information content (AvgIpc) is 1.67. The summed E-state index contributed by atoms with van der Waals surface area (Å²) in [6.07, 6.45) is 72.8. The van der Waals surface area contributed by atoms with Crippen molar-refractivity contribution >= 4 is 17.7 Å². The summed E-state index contributed by atoms with van der Waals surface area (Å²) < 4.78 is 39.6. The second-order valence-corrected chi connectivity index (χ2v) is 52.1. The molecule has 13 aliphatic rings. The van der Waals surface area contributed by atoms with Crippen molar-refractivity contribution in [2.75, 3.05) is 39.6 Å². The highest BCUT2D eigenvalue weighted by atomic mass is 16.5. The number of nitrogens with zero attached hydrogens (tertiary/aromatic N) is 3. The van der Waals surface area contributed by atoms with Gasteiger partial charge in [-0.3, -0.25) is 14.4 Å². The summed E-state index contributed by atoms with van der Waals surface area (Å²) in [7, 11) is 0. The lowest BCUT2D eigenvalue weighted by Gasteiger charge is -2.58. The SMILES string of the molecule is CC(C)CCC[C@@H](C)[C@H]1CC[C@H]2[C@@H]3CC=C4C[C@@H](OCCCCCCCCOc5cc6nc(c5)C(=O)NCc5cc(OCCCCCCCCO[C@H]7CC[C@@]8(C)C(=CC[C@H]9[C@@H]%10CC[C@H]([C@H](C)CCCC(C)C)[C@@]%10(C)CC[C@@H]98)C7)cc(n5)C(=O)NCc5cc(OCCCCCCCCO[C@H]7CC[C@@]8(C)C(=CC[C@H]9[C@@H]%10CC[C@H]([C@H](C)CCCC(C)C)[C@@]%10(C)CC[C@@H]98)C7)cc(n5)C(=O)NC6)CC[C@]4(C)[C@H]3CC[C@]12C. The maximum atomic E-state index is 14.4. The minimum atomic E-state index is -0.438. The number of hydrogen-bond acceptors (Lipinski definition) is 12. The fraction of sp³-hybridized carbons (Fsp3) is 0.810. The molecule has 3 N–H and O–H groups in total. The van der Waals surface area contributed by atoms with Gasteiger partial charge in [-0.1, -0.05) is 274 Å². The molecule has 3 aromatic rings. The van der Waals surface area contributed by atoms with Crippen molar-refractivity contribution in [3.63, 3.8) is 0 Å². The fourth-order valence-corrected chi connectivity index (χ4v) is 33.8. The second-order valence-electron chi connectivity index (χ2n) is 52.1. The third-order valence-electron chi connectivity index (χ3n) is 41.8. The molecule has 9 fully saturated rings.